The lowest BCUT2D eigenvalue weighted by Gasteiger charge is -2.10. The van der Waals surface area contributed by atoms with Crippen LogP contribution >= 0.6 is 0 Å². The average Bonchev–Trinajstić information content (AvgIpc) is 2.81. The van der Waals surface area contributed by atoms with E-state index in [2.05, 4.69) is 0 Å². The number of ether oxygens (including phenoxy) is 1. The van der Waals surface area contributed by atoms with Gasteiger partial charge in [0.2, 0.25) is 0 Å². The van der Waals surface area contributed by atoms with E-state index >= 15 is 0 Å². The summed E-state index contributed by atoms with van der Waals surface area (Å²) in [6.07, 6.45) is 1.53. The van der Waals surface area contributed by atoms with E-state index in [1.165, 1.54) is 25.5 Å². The van der Waals surface area contributed by atoms with Gasteiger partial charge < -0.3 is 9.15 Å². The zero-order valence-corrected chi connectivity index (χ0v) is 10.7. The van der Waals surface area contributed by atoms with Gasteiger partial charge in [0.05, 0.1) is 13.4 Å². The van der Waals surface area contributed by atoms with E-state index in [-0.39, 0.29) is 10.6 Å². The molecule has 0 atom stereocenters. The van der Waals surface area contributed by atoms with Gasteiger partial charge in [-0.25, -0.2) is 0 Å². The Morgan fingerprint density at radius 2 is 2.06 bits per heavy atom. The molecular formula is C12H12O5S. The molecule has 96 valence electrons. The molecule has 2 rings (SSSR count). The minimum absolute atomic E-state index is 0.0782. The fraction of sp³-hybridized carbons (Fsp3) is 0.167. The lowest BCUT2D eigenvalue weighted by Crippen LogP contribution is -2.02. The Hall–Kier alpha value is -1.79. The van der Waals surface area contributed by atoms with Crippen molar-refractivity contribution in [3.8, 4) is 17.1 Å². The number of hydrogen-bond donors (Lipinski definition) is 1. The molecule has 0 bridgehead atoms. The minimum Gasteiger partial charge on any atom is -0.495 e. The van der Waals surface area contributed by atoms with Crippen molar-refractivity contribution in [2.24, 2.45) is 0 Å². The Morgan fingerprint density at radius 1 is 1.33 bits per heavy atom. The highest BCUT2D eigenvalue weighted by molar-refractivity contribution is 7.86. The van der Waals surface area contributed by atoms with Crippen LogP contribution in [-0.4, -0.2) is 20.1 Å². The van der Waals surface area contributed by atoms with E-state index in [1.807, 2.05) is 0 Å². The molecule has 0 aliphatic rings. The number of methoxy groups -OCH3 is 1. The number of benzene rings is 1. The van der Waals surface area contributed by atoms with Gasteiger partial charge in [0, 0.05) is 5.56 Å². The molecule has 0 aliphatic heterocycles. The summed E-state index contributed by atoms with van der Waals surface area (Å²) >= 11 is 0. The van der Waals surface area contributed by atoms with Gasteiger partial charge in [-0.2, -0.15) is 8.42 Å². The maximum absolute atomic E-state index is 11.2. The highest BCUT2D eigenvalue weighted by atomic mass is 32.2. The SMILES string of the molecule is COc1cc(-c2ccco2)c(C)cc1S(=O)(=O)O. The molecule has 1 heterocycles. The van der Waals surface area contributed by atoms with Crippen molar-refractivity contribution in [3.63, 3.8) is 0 Å². The summed E-state index contributed by atoms with van der Waals surface area (Å²) in [5.41, 5.74) is 1.38. The molecule has 0 fully saturated rings. The maximum atomic E-state index is 11.2. The van der Waals surface area contributed by atoms with Crippen molar-refractivity contribution < 1.29 is 22.1 Å². The van der Waals surface area contributed by atoms with E-state index in [4.69, 9.17) is 13.7 Å². The first kappa shape index (κ1) is 12.7. The van der Waals surface area contributed by atoms with Crippen LogP contribution in [0, 0.1) is 6.92 Å². The molecule has 18 heavy (non-hydrogen) atoms. The van der Waals surface area contributed by atoms with Crippen molar-refractivity contribution in [3.05, 3.63) is 36.1 Å². The Morgan fingerprint density at radius 3 is 2.56 bits per heavy atom. The van der Waals surface area contributed by atoms with Crippen molar-refractivity contribution in [1.29, 1.82) is 0 Å². The van der Waals surface area contributed by atoms with E-state index in [0.29, 0.717) is 16.9 Å². The van der Waals surface area contributed by atoms with Gasteiger partial charge >= 0.3 is 0 Å². The van der Waals surface area contributed by atoms with Gasteiger partial charge in [0.1, 0.15) is 16.4 Å². The third-order valence-electron chi connectivity index (χ3n) is 2.58. The largest absolute Gasteiger partial charge is 0.495 e. The van der Waals surface area contributed by atoms with Gasteiger partial charge in [0.15, 0.2) is 0 Å². The molecule has 1 aromatic heterocycles. The number of hydrogen-bond acceptors (Lipinski definition) is 4. The second-order valence-corrected chi connectivity index (χ2v) is 5.16. The number of aryl methyl sites for hydroxylation is 1. The fourth-order valence-corrected chi connectivity index (χ4v) is 2.44. The quantitative estimate of drug-likeness (QED) is 0.865. The monoisotopic (exact) mass is 268 g/mol. The van der Waals surface area contributed by atoms with Crippen LogP contribution < -0.4 is 4.74 Å². The van der Waals surface area contributed by atoms with Crippen LogP contribution in [-0.2, 0) is 10.1 Å². The van der Waals surface area contributed by atoms with Gasteiger partial charge in [-0.3, -0.25) is 4.55 Å². The molecule has 0 radical (unpaired) electrons. The lowest BCUT2D eigenvalue weighted by atomic mass is 10.1. The third-order valence-corrected chi connectivity index (χ3v) is 3.45. The summed E-state index contributed by atoms with van der Waals surface area (Å²) in [5.74, 6) is 0.683. The van der Waals surface area contributed by atoms with Crippen LogP contribution in [0.4, 0.5) is 0 Å². The predicted octanol–water partition coefficient (Wildman–Crippen LogP) is 2.51. The van der Waals surface area contributed by atoms with Gasteiger partial charge in [-0.1, -0.05) is 0 Å². The first-order chi connectivity index (χ1) is 8.43. The van der Waals surface area contributed by atoms with E-state index in [9.17, 15) is 8.42 Å². The molecule has 0 amide bonds. The first-order valence-corrected chi connectivity index (χ1v) is 6.57. The Kier molecular flexibility index (Phi) is 3.14. The summed E-state index contributed by atoms with van der Waals surface area (Å²) in [5, 5.41) is 0. The molecule has 6 heteroatoms. The predicted molar refractivity (Wildman–Crippen MR) is 65.2 cm³/mol. The maximum Gasteiger partial charge on any atom is 0.298 e. The fourth-order valence-electron chi connectivity index (χ4n) is 1.72. The van der Waals surface area contributed by atoms with E-state index < -0.39 is 10.1 Å². The molecule has 0 spiro atoms. The highest BCUT2D eigenvalue weighted by Gasteiger charge is 2.19. The van der Waals surface area contributed by atoms with Crippen LogP contribution in [0.25, 0.3) is 11.3 Å². The Bertz CT molecular complexity index is 656. The summed E-state index contributed by atoms with van der Waals surface area (Å²) in [6, 6.07) is 6.37. The van der Waals surface area contributed by atoms with Crippen LogP contribution in [0.1, 0.15) is 5.56 Å². The van der Waals surface area contributed by atoms with Crippen LogP contribution in [0.2, 0.25) is 0 Å². The number of rotatable bonds is 3. The molecular weight excluding hydrogens is 256 g/mol. The molecule has 1 aromatic carbocycles. The second-order valence-electron chi connectivity index (χ2n) is 3.77. The van der Waals surface area contributed by atoms with Crippen molar-refractivity contribution in [1.82, 2.24) is 0 Å². The van der Waals surface area contributed by atoms with Crippen LogP contribution in [0.3, 0.4) is 0 Å². The second kappa shape index (κ2) is 4.47. The minimum atomic E-state index is -4.31. The molecule has 0 saturated heterocycles. The first-order valence-electron chi connectivity index (χ1n) is 5.13. The normalized spacial score (nSPS) is 11.5. The zero-order valence-electron chi connectivity index (χ0n) is 9.88. The van der Waals surface area contributed by atoms with Crippen LogP contribution in [0.5, 0.6) is 5.75 Å². The Balaban J connectivity index is 2.68. The molecule has 0 saturated carbocycles. The summed E-state index contributed by atoms with van der Waals surface area (Å²) in [4.78, 5) is -0.252. The highest BCUT2D eigenvalue weighted by Crippen LogP contribution is 2.33. The van der Waals surface area contributed by atoms with Crippen LogP contribution in [0.15, 0.2) is 39.8 Å². The van der Waals surface area contributed by atoms with Gasteiger partial charge in [0.25, 0.3) is 10.1 Å². The van der Waals surface area contributed by atoms with Gasteiger partial charge in [-0.15, -0.1) is 0 Å². The molecule has 0 aliphatic carbocycles. The third kappa shape index (κ3) is 2.25. The van der Waals surface area contributed by atoms with Crippen molar-refractivity contribution in [2.75, 3.05) is 7.11 Å². The summed E-state index contributed by atoms with van der Waals surface area (Å²) in [6.45, 7) is 1.73. The molecule has 2 aromatic rings. The molecule has 1 N–H and O–H groups in total. The summed E-state index contributed by atoms with van der Waals surface area (Å²) in [7, 11) is -2.97. The van der Waals surface area contributed by atoms with E-state index in [0.717, 1.165) is 0 Å². The molecule has 0 unspecified atom stereocenters. The van der Waals surface area contributed by atoms with Gasteiger partial charge in [-0.05, 0) is 36.8 Å². The average molecular weight is 268 g/mol. The number of furan rings is 1. The smallest absolute Gasteiger partial charge is 0.298 e. The Labute approximate surface area is 105 Å². The summed E-state index contributed by atoms with van der Waals surface area (Å²) < 4.78 is 41.8. The van der Waals surface area contributed by atoms with E-state index in [1.54, 1.807) is 19.1 Å². The topological polar surface area (TPSA) is 76.7 Å². The lowest BCUT2D eigenvalue weighted by molar-refractivity contribution is 0.397. The molecule has 5 nitrogen and oxygen atoms in total. The standard InChI is InChI=1S/C12H12O5S/c1-8-6-12(18(13,14)15)11(16-2)7-9(8)10-4-3-5-17-10/h3-7H,1-2H3,(H,13,14,15). The zero-order chi connectivity index (χ0) is 13.3. The van der Waals surface area contributed by atoms with Crippen molar-refractivity contribution in [2.45, 2.75) is 11.8 Å². The van der Waals surface area contributed by atoms with Crippen molar-refractivity contribution >= 4 is 10.1 Å².